The molecule has 1 fully saturated rings. The number of aromatic nitrogens is 1. The van der Waals surface area contributed by atoms with Crippen LogP contribution in [0.2, 0.25) is 0 Å². The average Bonchev–Trinajstić information content (AvgIpc) is 3.32. The minimum atomic E-state index is 0.0143. The monoisotopic (exact) mass is 410 g/mol. The van der Waals surface area contributed by atoms with Gasteiger partial charge in [-0.3, -0.25) is 4.79 Å². The van der Waals surface area contributed by atoms with Crippen molar-refractivity contribution >= 4 is 27.5 Å². The van der Waals surface area contributed by atoms with Crippen LogP contribution in [0, 0.1) is 0 Å². The Balaban J connectivity index is 1.60. The van der Waals surface area contributed by atoms with Crippen molar-refractivity contribution in [3.05, 3.63) is 42.0 Å². The van der Waals surface area contributed by atoms with Crippen LogP contribution in [-0.2, 0) is 16.1 Å². The molecule has 1 amide bonds. The number of hydrogen-bond donors (Lipinski definition) is 0. The van der Waals surface area contributed by atoms with Crippen LogP contribution in [0.4, 0.5) is 0 Å². The first-order valence-corrected chi connectivity index (χ1v) is 10.6. The van der Waals surface area contributed by atoms with Gasteiger partial charge in [0.05, 0.1) is 30.0 Å². The zero-order chi connectivity index (χ0) is 19.8. The Hall–Kier alpha value is -2.64. The molecule has 2 aromatic carbocycles. The van der Waals surface area contributed by atoms with Gasteiger partial charge in [-0.15, -0.1) is 11.3 Å². The fourth-order valence-corrected chi connectivity index (χ4v) is 4.70. The van der Waals surface area contributed by atoms with Gasteiger partial charge in [0.2, 0.25) is 5.91 Å². The number of rotatable bonds is 3. The molecule has 2 aliphatic rings. The Morgan fingerprint density at radius 1 is 1.28 bits per heavy atom. The Morgan fingerprint density at radius 2 is 2.17 bits per heavy atom. The molecule has 6 nitrogen and oxygen atoms in total. The van der Waals surface area contributed by atoms with Gasteiger partial charge >= 0.3 is 0 Å². The highest BCUT2D eigenvalue weighted by Crippen LogP contribution is 2.41. The van der Waals surface area contributed by atoms with Gasteiger partial charge in [0.15, 0.2) is 11.5 Å². The van der Waals surface area contributed by atoms with Crippen LogP contribution in [0.3, 0.4) is 0 Å². The molecule has 5 rings (SSSR count). The van der Waals surface area contributed by atoms with Gasteiger partial charge in [0, 0.05) is 31.0 Å². The van der Waals surface area contributed by atoms with Gasteiger partial charge in [-0.2, -0.15) is 0 Å². The summed E-state index contributed by atoms with van der Waals surface area (Å²) in [5.41, 5.74) is 2.91. The third kappa shape index (κ3) is 3.68. The normalized spacial score (nSPS) is 18.9. The summed E-state index contributed by atoms with van der Waals surface area (Å²) in [6.45, 7) is 4.40. The Kier molecular flexibility index (Phi) is 4.85. The first kappa shape index (κ1) is 18.4. The van der Waals surface area contributed by atoms with Crippen LogP contribution in [-0.4, -0.2) is 48.3 Å². The molecule has 1 aromatic heterocycles. The predicted molar refractivity (Wildman–Crippen MR) is 111 cm³/mol. The summed E-state index contributed by atoms with van der Waals surface area (Å²) < 4.78 is 18.9. The molecule has 29 heavy (non-hydrogen) atoms. The van der Waals surface area contributed by atoms with Gasteiger partial charge in [-0.05, 0) is 24.3 Å². The van der Waals surface area contributed by atoms with E-state index in [0.717, 1.165) is 38.5 Å². The minimum absolute atomic E-state index is 0.0143. The molecule has 3 heterocycles. The van der Waals surface area contributed by atoms with Gasteiger partial charge in [-0.25, -0.2) is 4.98 Å². The van der Waals surface area contributed by atoms with Crippen molar-refractivity contribution in [2.24, 2.45) is 0 Å². The quantitative estimate of drug-likeness (QED) is 0.656. The molecule has 1 atom stereocenters. The zero-order valence-corrected chi connectivity index (χ0v) is 17.0. The minimum Gasteiger partial charge on any atom is -0.487 e. The second kappa shape index (κ2) is 7.65. The Labute approximate surface area is 173 Å². The number of fused-ring (bicyclic) bond motifs is 2. The Morgan fingerprint density at radius 3 is 2.97 bits per heavy atom. The molecule has 0 saturated carbocycles. The number of thiazole rings is 1. The van der Waals surface area contributed by atoms with Crippen LogP contribution in [0.5, 0.6) is 11.5 Å². The standard InChI is InChI=1S/C22H22N2O4S/c1-14(25)24-7-9-27-21-16(12-24)10-15(11-19(21)28-17-6-8-26-13-17)22-23-18-4-2-3-5-20(18)29-22/h2-5,10-11,17H,6-9,12-13H2,1H3/t17-/m1/s1. The molecule has 0 N–H and O–H groups in total. The van der Waals surface area contributed by atoms with E-state index in [1.54, 1.807) is 23.2 Å². The van der Waals surface area contributed by atoms with Crippen molar-refractivity contribution in [1.29, 1.82) is 0 Å². The highest BCUT2D eigenvalue weighted by molar-refractivity contribution is 7.21. The van der Waals surface area contributed by atoms with E-state index >= 15 is 0 Å². The molecular formula is C22H22N2O4S. The first-order chi connectivity index (χ1) is 14.2. The van der Waals surface area contributed by atoms with Crippen molar-refractivity contribution in [2.75, 3.05) is 26.4 Å². The largest absolute Gasteiger partial charge is 0.487 e. The topological polar surface area (TPSA) is 60.9 Å². The first-order valence-electron chi connectivity index (χ1n) is 9.83. The Bertz CT molecular complexity index is 1030. The van der Waals surface area contributed by atoms with Crippen LogP contribution < -0.4 is 9.47 Å². The van der Waals surface area contributed by atoms with E-state index in [9.17, 15) is 4.79 Å². The molecular weight excluding hydrogens is 388 g/mol. The summed E-state index contributed by atoms with van der Waals surface area (Å²) in [5, 5.41) is 0.931. The molecule has 3 aromatic rings. The van der Waals surface area contributed by atoms with E-state index in [1.165, 1.54) is 0 Å². The van der Waals surface area contributed by atoms with E-state index in [1.807, 2.05) is 24.3 Å². The number of para-hydroxylation sites is 1. The van der Waals surface area contributed by atoms with Gasteiger partial charge in [0.1, 0.15) is 17.7 Å². The maximum Gasteiger partial charge on any atom is 0.219 e. The smallest absolute Gasteiger partial charge is 0.219 e. The van der Waals surface area contributed by atoms with Gasteiger partial charge < -0.3 is 19.1 Å². The molecule has 0 aliphatic carbocycles. The number of ether oxygens (including phenoxy) is 3. The molecule has 1 saturated heterocycles. The zero-order valence-electron chi connectivity index (χ0n) is 16.2. The maximum absolute atomic E-state index is 12.0. The van der Waals surface area contributed by atoms with Crippen molar-refractivity contribution in [2.45, 2.75) is 26.0 Å². The van der Waals surface area contributed by atoms with Gasteiger partial charge in [-0.1, -0.05) is 12.1 Å². The summed E-state index contributed by atoms with van der Waals surface area (Å²) in [7, 11) is 0. The number of benzene rings is 2. The summed E-state index contributed by atoms with van der Waals surface area (Å²) in [6.07, 6.45) is 0.875. The van der Waals surface area contributed by atoms with Crippen molar-refractivity contribution < 1.29 is 19.0 Å². The molecule has 0 radical (unpaired) electrons. The fraction of sp³-hybridized carbons (Fsp3) is 0.364. The number of carbonyl (C=O) groups is 1. The second-order valence-corrected chi connectivity index (χ2v) is 8.37. The predicted octanol–water partition coefficient (Wildman–Crippen LogP) is 3.87. The van der Waals surface area contributed by atoms with Crippen LogP contribution in [0.1, 0.15) is 18.9 Å². The van der Waals surface area contributed by atoms with E-state index in [4.69, 9.17) is 19.2 Å². The third-order valence-electron chi connectivity index (χ3n) is 5.27. The molecule has 0 bridgehead atoms. The molecule has 2 aliphatic heterocycles. The lowest BCUT2D eigenvalue weighted by Gasteiger charge is -2.19. The van der Waals surface area contributed by atoms with E-state index in [0.29, 0.717) is 38.7 Å². The summed E-state index contributed by atoms with van der Waals surface area (Å²) in [5.74, 6) is 1.47. The van der Waals surface area contributed by atoms with Crippen LogP contribution >= 0.6 is 11.3 Å². The number of nitrogens with zero attached hydrogens (tertiary/aromatic N) is 2. The van der Waals surface area contributed by atoms with Crippen molar-refractivity contribution in [3.63, 3.8) is 0 Å². The van der Waals surface area contributed by atoms with E-state index in [-0.39, 0.29) is 12.0 Å². The highest BCUT2D eigenvalue weighted by Gasteiger charge is 2.25. The fourth-order valence-electron chi connectivity index (χ4n) is 3.74. The maximum atomic E-state index is 12.0. The number of hydrogen-bond acceptors (Lipinski definition) is 6. The van der Waals surface area contributed by atoms with Crippen molar-refractivity contribution in [3.8, 4) is 22.1 Å². The SMILES string of the molecule is CC(=O)N1CCOc2c(cc(-c3nc4ccccc4s3)cc2O[C@@H]2CCOC2)C1. The molecule has 0 unspecified atom stereocenters. The van der Waals surface area contributed by atoms with Crippen molar-refractivity contribution in [1.82, 2.24) is 9.88 Å². The number of amides is 1. The lowest BCUT2D eigenvalue weighted by atomic mass is 10.1. The lowest BCUT2D eigenvalue weighted by molar-refractivity contribution is -0.129. The van der Waals surface area contributed by atoms with Crippen LogP contribution in [0.15, 0.2) is 36.4 Å². The van der Waals surface area contributed by atoms with E-state index < -0.39 is 0 Å². The second-order valence-electron chi connectivity index (χ2n) is 7.34. The van der Waals surface area contributed by atoms with Gasteiger partial charge in [0.25, 0.3) is 0 Å². The molecule has 0 spiro atoms. The molecule has 150 valence electrons. The third-order valence-corrected chi connectivity index (χ3v) is 6.35. The van der Waals surface area contributed by atoms with Crippen LogP contribution in [0.25, 0.3) is 20.8 Å². The average molecular weight is 410 g/mol. The molecule has 7 heteroatoms. The lowest BCUT2D eigenvalue weighted by Crippen LogP contribution is -2.30. The summed E-state index contributed by atoms with van der Waals surface area (Å²) in [4.78, 5) is 18.6. The summed E-state index contributed by atoms with van der Waals surface area (Å²) >= 11 is 1.65. The highest BCUT2D eigenvalue weighted by atomic mass is 32.1. The van der Waals surface area contributed by atoms with E-state index in [2.05, 4.69) is 12.1 Å². The summed E-state index contributed by atoms with van der Waals surface area (Å²) in [6, 6.07) is 12.2. The number of carbonyl (C=O) groups excluding carboxylic acids is 1.